The molecule has 9 nitrogen and oxygen atoms in total. The Morgan fingerprint density at radius 2 is 1.81 bits per heavy atom. The number of hydrogen-bond donors (Lipinski definition) is 1. The van der Waals surface area contributed by atoms with Gasteiger partial charge in [-0.25, -0.2) is 8.42 Å². The van der Waals surface area contributed by atoms with Crippen LogP contribution in [0.3, 0.4) is 0 Å². The van der Waals surface area contributed by atoms with Crippen LogP contribution >= 0.6 is 23.2 Å². The first-order valence-corrected chi connectivity index (χ1v) is 14.5. The molecule has 1 aliphatic heterocycles. The van der Waals surface area contributed by atoms with Crippen molar-refractivity contribution in [2.24, 2.45) is 0 Å². The van der Waals surface area contributed by atoms with Crippen LogP contribution < -0.4 is 19.1 Å². The van der Waals surface area contributed by atoms with E-state index in [1.54, 1.807) is 43.3 Å². The zero-order valence-electron chi connectivity index (χ0n) is 21.0. The summed E-state index contributed by atoms with van der Waals surface area (Å²) in [5, 5.41) is 3.56. The van der Waals surface area contributed by atoms with Crippen molar-refractivity contribution < 1.29 is 27.5 Å². The predicted octanol–water partition coefficient (Wildman–Crippen LogP) is 4.21. The molecule has 0 spiro atoms. The van der Waals surface area contributed by atoms with E-state index < -0.39 is 16.1 Å². The Morgan fingerprint density at radius 1 is 1.08 bits per heavy atom. The van der Waals surface area contributed by atoms with Gasteiger partial charge < -0.3 is 19.7 Å². The van der Waals surface area contributed by atoms with Gasteiger partial charge in [0.25, 0.3) is 0 Å². The fraction of sp³-hybridized carbons (Fsp3) is 0.440. The number of nitrogens with one attached hydrogen (secondary N) is 1. The van der Waals surface area contributed by atoms with Crippen molar-refractivity contribution in [3.8, 4) is 11.5 Å². The van der Waals surface area contributed by atoms with Crippen molar-refractivity contribution in [2.75, 3.05) is 30.4 Å². The van der Waals surface area contributed by atoms with Gasteiger partial charge in [-0.1, -0.05) is 36.2 Å². The molecule has 0 saturated carbocycles. The second-order valence-electron chi connectivity index (χ2n) is 8.71. The number of halogens is 2. The van der Waals surface area contributed by atoms with Crippen molar-refractivity contribution in [3.05, 3.63) is 52.0 Å². The van der Waals surface area contributed by atoms with Gasteiger partial charge in [-0.05, 0) is 49.6 Å². The molecule has 1 heterocycles. The molecule has 0 fully saturated rings. The van der Waals surface area contributed by atoms with Gasteiger partial charge in [-0.2, -0.15) is 0 Å². The highest BCUT2D eigenvalue weighted by Gasteiger charge is 2.27. The number of rotatable bonds is 12. The Hall–Kier alpha value is -2.69. The van der Waals surface area contributed by atoms with E-state index in [1.165, 1.54) is 9.21 Å². The molecule has 1 N–H and O–H groups in total. The Labute approximate surface area is 227 Å². The lowest BCUT2D eigenvalue weighted by Crippen LogP contribution is -2.47. The molecule has 1 unspecified atom stereocenters. The highest BCUT2D eigenvalue weighted by Crippen LogP contribution is 2.36. The Morgan fingerprint density at radius 3 is 2.49 bits per heavy atom. The Bertz CT molecular complexity index is 1240. The number of carbonyl (C=O) groups is 2. The Balaban J connectivity index is 1.73. The first-order valence-electron chi connectivity index (χ1n) is 11.9. The molecule has 0 radical (unpaired) electrons. The first kappa shape index (κ1) is 28.9. The molecule has 12 heteroatoms. The van der Waals surface area contributed by atoms with E-state index in [0.29, 0.717) is 33.8 Å². The second-order valence-corrected chi connectivity index (χ2v) is 11.4. The summed E-state index contributed by atoms with van der Waals surface area (Å²) in [6, 6.07) is 9.18. The Kier molecular flexibility index (Phi) is 9.92. The molecule has 202 valence electrons. The summed E-state index contributed by atoms with van der Waals surface area (Å²) in [4.78, 5) is 27.5. The van der Waals surface area contributed by atoms with E-state index in [4.69, 9.17) is 32.7 Å². The number of ether oxygens (including phenoxy) is 2. The average molecular weight is 573 g/mol. The number of nitrogens with zero attached hydrogens (tertiary/aromatic N) is 2. The molecule has 2 aromatic carbocycles. The maximum absolute atomic E-state index is 13.3. The maximum Gasteiger partial charge on any atom is 0.242 e. The molecular weight excluding hydrogens is 541 g/mol. The smallest absolute Gasteiger partial charge is 0.242 e. The fourth-order valence-electron chi connectivity index (χ4n) is 3.86. The van der Waals surface area contributed by atoms with Gasteiger partial charge in [0, 0.05) is 32.1 Å². The van der Waals surface area contributed by atoms with Crippen LogP contribution in [0.5, 0.6) is 11.5 Å². The number of carbonyl (C=O) groups excluding carboxylic acids is 2. The van der Waals surface area contributed by atoms with E-state index in [0.717, 1.165) is 18.2 Å². The van der Waals surface area contributed by atoms with Crippen LogP contribution in [0.15, 0.2) is 36.4 Å². The van der Waals surface area contributed by atoms with Crippen LogP contribution in [0.4, 0.5) is 5.69 Å². The van der Waals surface area contributed by atoms with Gasteiger partial charge in [0.15, 0.2) is 11.5 Å². The molecule has 0 bridgehead atoms. The third kappa shape index (κ3) is 7.66. The first-order chi connectivity index (χ1) is 17.5. The van der Waals surface area contributed by atoms with Crippen molar-refractivity contribution >= 4 is 50.7 Å². The van der Waals surface area contributed by atoms with Crippen molar-refractivity contribution in [1.29, 1.82) is 0 Å². The number of sulfonamides is 1. The van der Waals surface area contributed by atoms with E-state index in [1.807, 2.05) is 6.92 Å². The monoisotopic (exact) mass is 571 g/mol. The number of fused-ring (bicyclic) bond motifs is 1. The van der Waals surface area contributed by atoms with Gasteiger partial charge in [0.2, 0.25) is 28.6 Å². The SMILES string of the molecule is CCCNC(=O)C(C)N(Cc1ccc(Cl)c(Cl)c1)C(=O)CCCN(c1ccc2c(c1)OCO2)S(C)(=O)=O. The topological polar surface area (TPSA) is 105 Å². The lowest BCUT2D eigenvalue weighted by Gasteiger charge is -2.29. The quantitative estimate of drug-likeness (QED) is 0.409. The van der Waals surface area contributed by atoms with Crippen LogP contribution in [0, 0.1) is 0 Å². The van der Waals surface area contributed by atoms with Crippen LogP contribution in [-0.2, 0) is 26.2 Å². The van der Waals surface area contributed by atoms with Gasteiger partial charge in [0.05, 0.1) is 22.0 Å². The predicted molar refractivity (Wildman–Crippen MR) is 144 cm³/mol. The minimum atomic E-state index is -3.63. The average Bonchev–Trinajstić information content (AvgIpc) is 3.32. The van der Waals surface area contributed by atoms with Crippen molar-refractivity contribution in [2.45, 2.75) is 45.7 Å². The van der Waals surface area contributed by atoms with Crippen LogP contribution in [0.1, 0.15) is 38.7 Å². The molecule has 1 aliphatic rings. The summed E-state index contributed by atoms with van der Waals surface area (Å²) in [5.41, 5.74) is 1.13. The van der Waals surface area contributed by atoms with Gasteiger partial charge in [0.1, 0.15) is 6.04 Å². The number of hydrogen-bond acceptors (Lipinski definition) is 6. The maximum atomic E-state index is 13.3. The van der Waals surface area contributed by atoms with Crippen molar-refractivity contribution in [3.63, 3.8) is 0 Å². The summed E-state index contributed by atoms with van der Waals surface area (Å²) in [6.45, 7) is 4.39. The number of anilines is 1. The minimum absolute atomic E-state index is 0.0310. The molecule has 0 aromatic heterocycles. The third-order valence-corrected chi connectivity index (χ3v) is 7.78. The molecule has 2 amide bonds. The van der Waals surface area contributed by atoms with Crippen LogP contribution in [-0.4, -0.2) is 57.3 Å². The van der Waals surface area contributed by atoms with Gasteiger partial charge >= 0.3 is 0 Å². The zero-order chi connectivity index (χ0) is 27.2. The molecule has 0 aliphatic carbocycles. The summed E-state index contributed by atoms with van der Waals surface area (Å²) in [6.07, 6.45) is 2.14. The van der Waals surface area contributed by atoms with Crippen LogP contribution in [0.25, 0.3) is 0 Å². The van der Waals surface area contributed by atoms with Gasteiger partial charge in [-0.15, -0.1) is 0 Å². The molecule has 3 rings (SSSR count). The van der Waals surface area contributed by atoms with E-state index in [2.05, 4.69) is 5.32 Å². The van der Waals surface area contributed by atoms with Gasteiger partial charge in [-0.3, -0.25) is 13.9 Å². The lowest BCUT2D eigenvalue weighted by atomic mass is 10.1. The van der Waals surface area contributed by atoms with E-state index >= 15 is 0 Å². The largest absolute Gasteiger partial charge is 0.454 e. The summed E-state index contributed by atoms with van der Waals surface area (Å²) >= 11 is 12.2. The molecule has 1 atom stereocenters. The summed E-state index contributed by atoms with van der Waals surface area (Å²) in [5.74, 6) is 0.445. The van der Waals surface area contributed by atoms with E-state index in [-0.39, 0.29) is 44.5 Å². The molecular formula is C25H31Cl2N3O6S. The third-order valence-electron chi connectivity index (χ3n) is 5.85. The highest BCUT2D eigenvalue weighted by molar-refractivity contribution is 7.92. The van der Waals surface area contributed by atoms with E-state index in [9.17, 15) is 18.0 Å². The zero-order valence-corrected chi connectivity index (χ0v) is 23.3. The summed E-state index contributed by atoms with van der Waals surface area (Å²) < 4.78 is 36.9. The number of benzene rings is 2. The normalized spacial score (nSPS) is 13.2. The highest BCUT2D eigenvalue weighted by atomic mass is 35.5. The molecule has 0 saturated heterocycles. The second kappa shape index (κ2) is 12.7. The fourth-order valence-corrected chi connectivity index (χ4v) is 5.14. The number of amides is 2. The van der Waals surface area contributed by atoms with Crippen molar-refractivity contribution in [1.82, 2.24) is 10.2 Å². The molecule has 2 aromatic rings. The summed E-state index contributed by atoms with van der Waals surface area (Å²) in [7, 11) is -3.63. The lowest BCUT2D eigenvalue weighted by molar-refractivity contribution is -0.140. The van der Waals surface area contributed by atoms with Crippen LogP contribution in [0.2, 0.25) is 10.0 Å². The minimum Gasteiger partial charge on any atom is -0.454 e. The standard InChI is InChI=1S/C25H31Cl2N3O6S/c1-4-11-28-25(32)17(2)29(15-18-7-9-20(26)21(27)13-18)24(31)6-5-12-30(37(3,33)34)19-8-10-22-23(14-19)36-16-35-22/h7-10,13-14,17H,4-6,11-12,15-16H2,1-3H3,(H,28,32). The molecule has 37 heavy (non-hydrogen) atoms.